The third kappa shape index (κ3) is 4.69. The molecule has 8 heteroatoms. The van der Waals surface area contributed by atoms with Crippen molar-refractivity contribution in [3.05, 3.63) is 70.3 Å². The summed E-state index contributed by atoms with van der Waals surface area (Å²) in [4.78, 5) is 28.7. The highest BCUT2D eigenvalue weighted by Crippen LogP contribution is 2.25. The smallest absolute Gasteiger partial charge is 0.340 e. The van der Waals surface area contributed by atoms with Crippen LogP contribution >= 0.6 is 22.9 Å². The number of nitrogens with one attached hydrogen (secondary N) is 1. The zero-order valence-electron chi connectivity index (χ0n) is 14.1. The average Bonchev–Trinajstić information content (AvgIpc) is 3.10. The molecular weight excluding hydrogens is 391 g/mol. The van der Waals surface area contributed by atoms with E-state index in [0.717, 1.165) is 23.4 Å². The summed E-state index contributed by atoms with van der Waals surface area (Å²) in [6.45, 7) is 1.43. The lowest BCUT2D eigenvalue weighted by Crippen LogP contribution is -2.30. The molecule has 1 heterocycles. The molecule has 138 valence electrons. The molecule has 0 aliphatic heterocycles. The van der Waals surface area contributed by atoms with E-state index in [1.54, 1.807) is 0 Å². The molecule has 0 unspecified atom stereocenters. The van der Waals surface area contributed by atoms with E-state index in [1.165, 1.54) is 24.3 Å². The van der Waals surface area contributed by atoms with Crippen molar-refractivity contribution in [1.29, 1.82) is 0 Å². The maximum absolute atomic E-state index is 13.1. The fourth-order valence-electron chi connectivity index (χ4n) is 2.21. The van der Waals surface area contributed by atoms with Gasteiger partial charge in [-0.05, 0) is 25.1 Å². The molecule has 5 nitrogen and oxygen atoms in total. The second kappa shape index (κ2) is 8.28. The number of carbonyl (C=O) groups is 2. The van der Waals surface area contributed by atoms with Crippen molar-refractivity contribution in [2.24, 2.45) is 0 Å². The van der Waals surface area contributed by atoms with Gasteiger partial charge in [0.05, 0.1) is 16.3 Å². The van der Waals surface area contributed by atoms with Gasteiger partial charge in [-0.2, -0.15) is 0 Å². The van der Waals surface area contributed by atoms with Gasteiger partial charge in [0.15, 0.2) is 11.2 Å². The Hall–Kier alpha value is -2.77. The first-order chi connectivity index (χ1) is 12.9. The van der Waals surface area contributed by atoms with Crippen LogP contribution in [-0.2, 0) is 9.53 Å². The van der Waals surface area contributed by atoms with Crippen LogP contribution < -0.4 is 5.32 Å². The van der Waals surface area contributed by atoms with Crippen LogP contribution in [0.2, 0.25) is 5.02 Å². The van der Waals surface area contributed by atoms with Crippen molar-refractivity contribution >= 4 is 39.9 Å². The fourth-order valence-corrected chi connectivity index (χ4v) is 3.18. The third-order valence-corrected chi connectivity index (χ3v) is 4.68. The lowest BCUT2D eigenvalue weighted by atomic mass is 10.2. The van der Waals surface area contributed by atoms with E-state index in [2.05, 4.69) is 10.3 Å². The lowest BCUT2D eigenvalue weighted by Gasteiger charge is -2.13. The number of carbonyl (C=O) groups excluding carboxylic acids is 2. The molecule has 0 fully saturated rings. The number of benzene rings is 2. The number of esters is 1. The highest BCUT2D eigenvalue weighted by molar-refractivity contribution is 7.14. The first kappa shape index (κ1) is 19.0. The maximum atomic E-state index is 13.1. The molecule has 0 aliphatic rings. The zero-order valence-corrected chi connectivity index (χ0v) is 15.7. The van der Waals surface area contributed by atoms with Gasteiger partial charge < -0.3 is 4.74 Å². The van der Waals surface area contributed by atoms with Crippen molar-refractivity contribution < 1.29 is 18.7 Å². The number of rotatable bonds is 5. The summed E-state index contributed by atoms with van der Waals surface area (Å²) in [6, 6.07) is 12.8. The second-order valence-corrected chi connectivity index (χ2v) is 6.83. The standard InChI is InChI=1S/C19H14ClFN2O3S/c1-11(26-18(25)14-8-7-13(21)9-15(14)20)17(24)23-19-22-16(10-27-19)12-5-3-2-4-6-12/h2-11H,1H3,(H,22,23,24)/t11-/m0/s1. The van der Waals surface area contributed by atoms with Crippen molar-refractivity contribution in [2.45, 2.75) is 13.0 Å². The van der Waals surface area contributed by atoms with Crippen LogP contribution in [0.1, 0.15) is 17.3 Å². The summed E-state index contributed by atoms with van der Waals surface area (Å²) < 4.78 is 18.2. The molecule has 2 aromatic carbocycles. The Morgan fingerprint density at radius 1 is 1.22 bits per heavy atom. The minimum atomic E-state index is -1.08. The van der Waals surface area contributed by atoms with Crippen LogP contribution in [-0.4, -0.2) is 23.0 Å². The first-order valence-corrected chi connectivity index (χ1v) is 9.17. The van der Waals surface area contributed by atoms with E-state index in [4.69, 9.17) is 16.3 Å². The number of anilines is 1. The van der Waals surface area contributed by atoms with E-state index in [9.17, 15) is 14.0 Å². The minimum Gasteiger partial charge on any atom is -0.449 e. The number of hydrogen-bond donors (Lipinski definition) is 1. The number of hydrogen-bond acceptors (Lipinski definition) is 5. The molecule has 1 N–H and O–H groups in total. The van der Waals surface area contributed by atoms with Gasteiger partial charge in [0.2, 0.25) is 0 Å². The summed E-state index contributed by atoms with van der Waals surface area (Å²) in [5.74, 6) is -1.91. The Labute approximate surface area is 163 Å². The van der Waals surface area contributed by atoms with Gasteiger partial charge in [-0.15, -0.1) is 11.3 Å². The number of nitrogens with zero attached hydrogens (tertiary/aromatic N) is 1. The fraction of sp³-hybridized carbons (Fsp3) is 0.105. The van der Waals surface area contributed by atoms with Crippen LogP contribution in [0.15, 0.2) is 53.9 Å². The molecule has 1 aromatic heterocycles. The molecular formula is C19H14ClFN2O3S. The third-order valence-electron chi connectivity index (χ3n) is 3.61. The molecule has 0 spiro atoms. The van der Waals surface area contributed by atoms with Gasteiger partial charge in [-0.25, -0.2) is 14.2 Å². The number of thiazole rings is 1. The largest absolute Gasteiger partial charge is 0.449 e. The first-order valence-electron chi connectivity index (χ1n) is 7.92. The number of halogens is 2. The Bertz CT molecular complexity index is 978. The predicted molar refractivity (Wildman–Crippen MR) is 102 cm³/mol. The van der Waals surface area contributed by atoms with Crippen LogP contribution in [0.25, 0.3) is 11.3 Å². The molecule has 0 aliphatic carbocycles. The van der Waals surface area contributed by atoms with E-state index in [-0.39, 0.29) is 10.6 Å². The van der Waals surface area contributed by atoms with E-state index < -0.39 is 23.8 Å². The van der Waals surface area contributed by atoms with Gasteiger partial charge >= 0.3 is 5.97 Å². The monoisotopic (exact) mass is 404 g/mol. The normalized spacial score (nSPS) is 11.7. The van der Waals surface area contributed by atoms with E-state index in [0.29, 0.717) is 5.13 Å². The zero-order chi connectivity index (χ0) is 19.4. The Balaban J connectivity index is 1.62. The Morgan fingerprint density at radius 2 is 1.96 bits per heavy atom. The summed E-state index contributed by atoms with van der Waals surface area (Å²) in [5, 5.41) is 4.74. The summed E-state index contributed by atoms with van der Waals surface area (Å²) in [7, 11) is 0. The van der Waals surface area contributed by atoms with E-state index >= 15 is 0 Å². The topological polar surface area (TPSA) is 68.3 Å². The molecule has 3 aromatic rings. The van der Waals surface area contributed by atoms with Gasteiger partial charge in [0, 0.05) is 10.9 Å². The SMILES string of the molecule is C[C@H](OC(=O)c1ccc(F)cc1Cl)C(=O)Nc1nc(-c2ccccc2)cs1. The Kier molecular flexibility index (Phi) is 5.83. The van der Waals surface area contributed by atoms with Crippen molar-refractivity contribution in [1.82, 2.24) is 4.98 Å². The van der Waals surface area contributed by atoms with Crippen molar-refractivity contribution in [3.63, 3.8) is 0 Å². The summed E-state index contributed by atoms with van der Waals surface area (Å²) in [6.07, 6.45) is -1.08. The van der Waals surface area contributed by atoms with Crippen molar-refractivity contribution in [3.8, 4) is 11.3 Å². The maximum Gasteiger partial charge on any atom is 0.340 e. The van der Waals surface area contributed by atoms with Crippen LogP contribution in [0.5, 0.6) is 0 Å². The Morgan fingerprint density at radius 3 is 2.67 bits per heavy atom. The molecule has 27 heavy (non-hydrogen) atoms. The van der Waals surface area contributed by atoms with E-state index in [1.807, 2.05) is 35.7 Å². The summed E-state index contributed by atoms with van der Waals surface area (Å²) >= 11 is 7.09. The highest BCUT2D eigenvalue weighted by atomic mass is 35.5. The van der Waals surface area contributed by atoms with Crippen LogP contribution in [0.4, 0.5) is 9.52 Å². The lowest BCUT2D eigenvalue weighted by molar-refractivity contribution is -0.123. The van der Waals surface area contributed by atoms with Crippen LogP contribution in [0.3, 0.4) is 0 Å². The summed E-state index contributed by atoms with van der Waals surface area (Å²) in [5.41, 5.74) is 1.65. The second-order valence-electron chi connectivity index (χ2n) is 5.56. The number of ether oxygens (including phenoxy) is 1. The number of amides is 1. The molecule has 0 saturated carbocycles. The molecule has 1 amide bonds. The average molecular weight is 405 g/mol. The van der Waals surface area contributed by atoms with Gasteiger partial charge in [-0.1, -0.05) is 41.9 Å². The van der Waals surface area contributed by atoms with Crippen LogP contribution in [0, 0.1) is 5.82 Å². The quantitative estimate of drug-likeness (QED) is 0.621. The molecule has 0 saturated heterocycles. The molecule has 0 bridgehead atoms. The highest BCUT2D eigenvalue weighted by Gasteiger charge is 2.21. The van der Waals surface area contributed by atoms with Gasteiger partial charge in [0.25, 0.3) is 5.91 Å². The molecule has 0 radical (unpaired) electrons. The molecule has 3 rings (SSSR count). The van der Waals surface area contributed by atoms with Crippen molar-refractivity contribution in [2.75, 3.05) is 5.32 Å². The molecule has 1 atom stereocenters. The van der Waals surface area contributed by atoms with Gasteiger partial charge in [-0.3, -0.25) is 10.1 Å². The predicted octanol–water partition coefficient (Wildman–Crippen LogP) is 4.79. The van der Waals surface area contributed by atoms with Gasteiger partial charge in [0.1, 0.15) is 5.82 Å². The number of aromatic nitrogens is 1. The minimum absolute atomic E-state index is 0.0154.